The molecule has 0 unspecified atom stereocenters. The van der Waals surface area contributed by atoms with Crippen LogP contribution in [0.5, 0.6) is 5.75 Å². The molecule has 0 radical (unpaired) electrons. The summed E-state index contributed by atoms with van der Waals surface area (Å²) < 4.78 is 10.4. The molecule has 37 heavy (non-hydrogen) atoms. The van der Waals surface area contributed by atoms with Gasteiger partial charge in [0.25, 0.3) is 0 Å². The van der Waals surface area contributed by atoms with Crippen LogP contribution in [0.25, 0.3) is 10.9 Å². The molecule has 1 aromatic carbocycles. The molecule has 7 nitrogen and oxygen atoms in total. The first-order valence-corrected chi connectivity index (χ1v) is 14.0. The van der Waals surface area contributed by atoms with E-state index in [2.05, 4.69) is 21.7 Å². The van der Waals surface area contributed by atoms with E-state index in [-0.39, 0.29) is 5.97 Å². The van der Waals surface area contributed by atoms with Crippen LogP contribution in [-0.4, -0.2) is 78.3 Å². The molecule has 1 aliphatic rings. The van der Waals surface area contributed by atoms with Crippen LogP contribution in [-0.2, 0) is 9.53 Å². The number of pyridine rings is 1. The maximum atomic E-state index is 11.7. The van der Waals surface area contributed by atoms with Crippen LogP contribution >= 0.6 is 0 Å². The Morgan fingerprint density at radius 1 is 1.19 bits per heavy atom. The SMILES string of the molecule is CCCCCCCN(CC=CC(=O)OCC)C1CCN(C[C@H](O)c2ccnc3ccc(OC)cc23)CC1. The standard InChI is InChI=1S/C30H45N3O4/c1-4-6-7-8-9-18-33(19-10-11-30(35)37-5-2)24-15-20-32(21-16-24)23-29(34)26-14-17-31-28-13-12-25(36-3)22-27(26)28/h10-14,17,22,24,29,34H,4-9,15-16,18-21,23H2,1-3H3/t29-/m0/s1. The summed E-state index contributed by atoms with van der Waals surface area (Å²) in [5.41, 5.74) is 1.75. The van der Waals surface area contributed by atoms with E-state index in [1.54, 1.807) is 19.4 Å². The summed E-state index contributed by atoms with van der Waals surface area (Å²) in [6.07, 6.45) is 13.1. The zero-order chi connectivity index (χ0) is 26.5. The fourth-order valence-electron chi connectivity index (χ4n) is 5.19. The second-order valence-electron chi connectivity index (χ2n) is 9.89. The van der Waals surface area contributed by atoms with Gasteiger partial charge in [-0.05, 0) is 75.6 Å². The summed E-state index contributed by atoms with van der Waals surface area (Å²) in [4.78, 5) is 21.1. The Balaban J connectivity index is 1.56. The van der Waals surface area contributed by atoms with Gasteiger partial charge in [-0.3, -0.25) is 9.88 Å². The molecule has 2 aromatic rings. The highest BCUT2D eigenvalue weighted by Crippen LogP contribution is 2.28. The van der Waals surface area contributed by atoms with Crippen molar-refractivity contribution >= 4 is 16.9 Å². The van der Waals surface area contributed by atoms with Crippen LogP contribution in [0.4, 0.5) is 0 Å². The molecule has 1 aliphatic heterocycles. The van der Waals surface area contributed by atoms with Gasteiger partial charge in [0.1, 0.15) is 5.75 Å². The molecule has 0 aliphatic carbocycles. The summed E-state index contributed by atoms with van der Waals surface area (Å²) in [6.45, 7) is 8.78. The second kappa shape index (κ2) is 15.7. The van der Waals surface area contributed by atoms with Crippen LogP contribution in [0, 0.1) is 0 Å². The first-order chi connectivity index (χ1) is 18.0. The molecule has 0 saturated carbocycles. The van der Waals surface area contributed by atoms with Crippen LogP contribution in [0.1, 0.15) is 70.5 Å². The van der Waals surface area contributed by atoms with Gasteiger partial charge in [-0.15, -0.1) is 0 Å². The number of unbranched alkanes of at least 4 members (excludes halogenated alkanes) is 4. The van der Waals surface area contributed by atoms with Crippen molar-refractivity contribution in [2.75, 3.05) is 46.4 Å². The molecule has 2 heterocycles. The van der Waals surface area contributed by atoms with Gasteiger partial charge in [-0.25, -0.2) is 4.79 Å². The molecular formula is C30H45N3O4. The van der Waals surface area contributed by atoms with Gasteiger partial charge in [-0.2, -0.15) is 0 Å². The maximum absolute atomic E-state index is 11.7. The van der Waals surface area contributed by atoms with E-state index in [0.29, 0.717) is 19.2 Å². The number of carbonyl (C=O) groups excluding carboxylic acids is 1. The number of carbonyl (C=O) groups is 1. The average molecular weight is 512 g/mol. The number of rotatable bonds is 15. The maximum Gasteiger partial charge on any atom is 0.330 e. The predicted octanol–water partition coefficient (Wildman–Crippen LogP) is 5.13. The lowest BCUT2D eigenvalue weighted by Crippen LogP contribution is -2.46. The molecule has 0 amide bonds. The van der Waals surface area contributed by atoms with Gasteiger partial charge in [0.15, 0.2) is 0 Å². The summed E-state index contributed by atoms with van der Waals surface area (Å²) in [5.74, 6) is 0.497. The van der Waals surface area contributed by atoms with Crippen LogP contribution in [0.2, 0.25) is 0 Å². The van der Waals surface area contributed by atoms with Gasteiger partial charge in [0.2, 0.25) is 0 Å². The Labute approximate surface area is 222 Å². The summed E-state index contributed by atoms with van der Waals surface area (Å²) in [7, 11) is 1.65. The van der Waals surface area contributed by atoms with Crippen molar-refractivity contribution in [1.82, 2.24) is 14.8 Å². The fourth-order valence-corrected chi connectivity index (χ4v) is 5.19. The lowest BCUT2D eigenvalue weighted by atomic mass is 9.99. The Bertz CT molecular complexity index is 988. The van der Waals surface area contributed by atoms with Crippen molar-refractivity contribution in [1.29, 1.82) is 0 Å². The van der Waals surface area contributed by atoms with E-state index >= 15 is 0 Å². The highest BCUT2D eigenvalue weighted by molar-refractivity contribution is 5.84. The number of ether oxygens (including phenoxy) is 2. The van der Waals surface area contributed by atoms with Crippen molar-refractivity contribution in [3.8, 4) is 5.75 Å². The van der Waals surface area contributed by atoms with Crippen molar-refractivity contribution < 1.29 is 19.4 Å². The number of likely N-dealkylation sites (tertiary alicyclic amines) is 1. The Hall–Kier alpha value is -2.48. The van der Waals surface area contributed by atoms with Gasteiger partial charge in [0.05, 0.1) is 25.3 Å². The molecule has 1 N–H and O–H groups in total. The third kappa shape index (κ3) is 9.09. The minimum absolute atomic E-state index is 0.268. The lowest BCUT2D eigenvalue weighted by molar-refractivity contribution is -0.137. The first-order valence-electron chi connectivity index (χ1n) is 14.0. The fraction of sp³-hybridized carbons (Fsp3) is 0.600. The molecule has 204 valence electrons. The number of hydrogen-bond acceptors (Lipinski definition) is 7. The number of fused-ring (bicyclic) bond motifs is 1. The molecule has 0 bridgehead atoms. The third-order valence-electron chi connectivity index (χ3n) is 7.28. The Kier molecular flexibility index (Phi) is 12.3. The smallest absolute Gasteiger partial charge is 0.330 e. The van der Waals surface area contributed by atoms with Gasteiger partial charge in [0, 0.05) is 36.8 Å². The molecule has 1 aromatic heterocycles. The highest BCUT2D eigenvalue weighted by Gasteiger charge is 2.26. The van der Waals surface area contributed by atoms with Crippen molar-refractivity contribution in [3.63, 3.8) is 0 Å². The number of piperidine rings is 1. The number of nitrogens with zero attached hydrogens (tertiary/aromatic N) is 3. The first kappa shape index (κ1) is 29.1. The molecular weight excluding hydrogens is 466 g/mol. The Morgan fingerprint density at radius 3 is 2.70 bits per heavy atom. The number of aromatic nitrogens is 1. The number of aliphatic hydroxyl groups excluding tert-OH is 1. The second-order valence-corrected chi connectivity index (χ2v) is 9.89. The zero-order valence-corrected chi connectivity index (χ0v) is 22.9. The Morgan fingerprint density at radius 2 is 1.97 bits per heavy atom. The summed E-state index contributed by atoms with van der Waals surface area (Å²) in [5, 5.41) is 12.1. The van der Waals surface area contributed by atoms with Crippen molar-refractivity contribution in [2.24, 2.45) is 0 Å². The lowest BCUT2D eigenvalue weighted by Gasteiger charge is -2.39. The molecule has 0 spiro atoms. The number of β-amino-alcohol motifs (C(OH)–C–C–N with tert-alkyl or cyclic N) is 1. The number of esters is 1. The molecule has 1 atom stereocenters. The van der Waals surface area contributed by atoms with Crippen molar-refractivity contribution in [3.05, 3.63) is 48.2 Å². The molecule has 1 fully saturated rings. The van der Waals surface area contributed by atoms with E-state index in [9.17, 15) is 9.90 Å². The van der Waals surface area contributed by atoms with E-state index in [4.69, 9.17) is 9.47 Å². The minimum atomic E-state index is -0.587. The van der Waals surface area contributed by atoms with E-state index < -0.39 is 6.10 Å². The number of benzene rings is 1. The summed E-state index contributed by atoms with van der Waals surface area (Å²) >= 11 is 0. The zero-order valence-electron chi connectivity index (χ0n) is 22.9. The van der Waals surface area contributed by atoms with Crippen LogP contribution < -0.4 is 4.74 Å². The third-order valence-corrected chi connectivity index (χ3v) is 7.28. The van der Waals surface area contributed by atoms with E-state index in [1.165, 1.54) is 32.1 Å². The summed E-state index contributed by atoms with van der Waals surface area (Å²) in [6, 6.07) is 8.18. The number of methoxy groups -OCH3 is 1. The van der Waals surface area contributed by atoms with Crippen LogP contribution in [0.3, 0.4) is 0 Å². The van der Waals surface area contributed by atoms with Gasteiger partial charge >= 0.3 is 5.97 Å². The quantitative estimate of drug-likeness (QED) is 0.202. The van der Waals surface area contributed by atoms with Gasteiger partial charge < -0.3 is 19.5 Å². The number of hydrogen-bond donors (Lipinski definition) is 1. The monoisotopic (exact) mass is 511 g/mol. The molecule has 7 heteroatoms. The molecule has 3 rings (SSSR count). The topological polar surface area (TPSA) is 75.1 Å². The number of aliphatic hydroxyl groups is 1. The largest absolute Gasteiger partial charge is 0.497 e. The van der Waals surface area contributed by atoms with E-state index in [1.807, 2.05) is 37.3 Å². The average Bonchev–Trinajstić information content (AvgIpc) is 2.92. The minimum Gasteiger partial charge on any atom is -0.497 e. The predicted molar refractivity (Wildman–Crippen MR) is 149 cm³/mol. The van der Waals surface area contributed by atoms with E-state index in [0.717, 1.165) is 61.2 Å². The van der Waals surface area contributed by atoms with Crippen LogP contribution in [0.15, 0.2) is 42.6 Å². The van der Waals surface area contributed by atoms with Gasteiger partial charge in [-0.1, -0.05) is 38.7 Å². The van der Waals surface area contributed by atoms with Crippen molar-refractivity contribution in [2.45, 2.75) is 70.9 Å². The normalized spacial score (nSPS) is 16.0. The highest BCUT2D eigenvalue weighted by atomic mass is 16.5. The molecule has 1 saturated heterocycles.